The highest BCUT2D eigenvalue weighted by molar-refractivity contribution is 5.99. The van der Waals surface area contributed by atoms with Crippen LogP contribution in [-0.4, -0.2) is 43.3 Å². The molecule has 0 saturated carbocycles. The Morgan fingerprint density at radius 1 is 1.03 bits per heavy atom. The summed E-state index contributed by atoms with van der Waals surface area (Å²) in [7, 11) is 1.47. The van der Waals surface area contributed by atoms with E-state index in [2.05, 4.69) is 16.1 Å². The lowest BCUT2D eigenvalue weighted by Crippen LogP contribution is -2.37. The summed E-state index contributed by atoms with van der Waals surface area (Å²) in [5, 5.41) is 3.73. The predicted molar refractivity (Wildman–Crippen MR) is 139 cm³/mol. The van der Waals surface area contributed by atoms with Gasteiger partial charge in [-0.1, -0.05) is 17.7 Å². The third-order valence-corrected chi connectivity index (χ3v) is 7.49. The van der Waals surface area contributed by atoms with Gasteiger partial charge in [0.05, 0.1) is 6.61 Å². The van der Waals surface area contributed by atoms with Crippen molar-refractivity contribution in [3.05, 3.63) is 87.8 Å². The number of carbonyl (C=O) groups is 1. The second-order valence-corrected chi connectivity index (χ2v) is 10.3. The summed E-state index contributed by atoms with van der Waals surface area (Å²) in [6, 6.07) is 7.73. The fourth-order valence-corrected chi connectivity index (χ4v) is 5.74. The molecule has 0 aliphatic carbocycles. The number of hydrogen-bond acceptors (Lipinski definition) is 4. The van der Waals surface area contributed by atoms with Gasteiger partial charge in [-0.25, -0.2) is 4.98 Å². The number of alkyl halides is 3. The molecule has 0 unspecified atom stereocenters. The Kier molecular flexibility index (Phi) is 6.00. The molecule has 2 aromatic heterocycles. The lowest BCUT2D eigenvalue weighted by atomic mass is 9.88. The molecule has 1 amide bonds. The minimum atomic E-state index is -4.63. The average Bonchev–Trinajstić information content (AvgIpc) is 3.60. The van der Waals surface area contributed by atoms with Gasteiger partial charge in [0, 0.05) is 68.4 Å². The highest BCUT2D eigenvalue weighted by Crippen LogP contribution is 2.40. The second-order valence-electron chi connectivity index (χ2n) is 10.3. The molecule has 6 rings (SSSR count). The van der Waals surface area contributed by atoms with E-state index in [1.165, 1.54) is 17.9 Å². The number of imidazole rings is 1. The monoisotopic (exact) mass is 535 g/mol. The van der Waals surface area contributed by atoms with Crippen molar-refractivity contribution in [1.29, 1.82) is 0 Å². The number of carbonyl (C=O) groups excluding carboxylic acids is 1. The highest BCUT2D eigenvalue weighted by atomic mass is 19.4. The van der Waals surface area contributed by atoms with Gasteiger partial charge in [0.15, 0.2) is 5.69 Å². The van der Waals surface area contributed by atoms with Crippen molar-refractivity contribution in [3.8, 4) is 16.9 Å². The first kappa shape index (κ1) is 25.2. The molecule has 0 fully saturated rings. The summed E-state index contributed by atoms with van der Waals surface area (Å²) < 4.78 is 50.9. The molecule has 4 heterocycles. The summed E-state index contributed by atoms with van der Waals surface area (Å²) in [6.07, 6.45) is 1.51. The number of aryl methyl sites for hydroxylation is 3. The van der Waals surface area contributed by atoms with E-state index in [0.29, 0.717) is 49.4 Å². The summed E-state index contributed by atoms with van der Waals surface area (Å²) in [6.45, 7) is 5.65. The normalized spacial score (nSPS) is 14.9. The molecule has 2 aliphatic heterocycles. The molecule has 2 aliphatic rings. The Balaban J connectivity index is 1.44. The Hall–Kier alpha value is -4.08. The van der Waals surface area contributed by atoms with E-state index >= 15 is 0 Å². The largest absolute Gasteiger partial charge is 0.493 e. The van der Waals surface area contributed by atoms with Crippen LogP contribution < -0.4 is 4.74 Å². The third-order valence-electron chi connectivity index (χ3n) is 7.49. The summed E-state index contributed by atoms with van der Waals surface area (Å²) >= 11 is 0. The van der Waals surface area contributed by atoms with Gasteiger partial charge in [-0.3, -0.25) is 9.48 Å². The second kappa shape index (κ2) is 9.29. The minimum absolute atomic E-state index is 0.0170. The first-order chi connectivity index (χ1) is 18.6. The van der Waals surface area contributed by atoms with Gasteiger partial charge >= 0.3 is 6.18 Å². The molecule has 0 bridgehead atoms. The number of ether oxygens (including phenoxy) is 1. The number of amides is 1. The summed E-state index contributed by atoms with van der Waals surface area (Å²) in [4.78, 5) is 19.9. The molecule has 0 radical (unpaired) electrons. The van der Waals surface area contributed by atoms with Gasteiger partial charge in [-0.2, -0.15) is 18.3 Å². The van der Waals surface area contributed by atoms with E-state index < -0.39 is 11.9 Å². The van der Waals surface area contributed by atoms with Crippen molar-refractivity contribution in [2.45, 2.75) is 46.0 Å². The van der Waals surface area contributed by atoms with Gasteiger partial charge in [0.1, 0.15) is 11.6 Å². The Morgan fingerprint density at radius 2 is 1.82 bits per heavy atom. The van der Waals surface area contributed by atoms with Gasteiger partial charge in [-0.05, 0) is 54.7 Å². The smallest absolute Gasteiger partial charge is 0.435 e. The van der Waals surface area contributed by atoms with E-state index in [1.54, 1.807) is 17.2 Å². The average molecular weight is 536 g/mol. The molecular formula is C29H28F3N5O2. The van der Waals surface area contributed by atoms with E-state index in [0.717, 1.165) is 40.2 Å². The fourth-order valence-electron chi connectivity index (χ4n) is 5.74. The Morgan fingerprint density at radius 3 is 2.56 bits per heavy atom. The molecule has 0 N–H and O–H groups in total. The number of hydrogen-bond donors (Lipinski definition) is 0. The van der Waals surface area contributed by atoms with Crippen LogP contribution in [0.25, 0.3) is 11.1 Å². The Bertz CT molecular complexity index is 1600. The van der Waals surface area contributed by atoms with Crippen LogP contribution in [0.15, 0.2) is 42.9 Å². The van der Waals surface area contributed by atoms with Crippen LogP contribution in [0.3, 0.4) is 0 Å². The number of aromatic nitrogens is 4. The molecule has 10 heteroatoms. The standard InChI is InChI=1S/C29H28F3N5O2/c1-17-10-20-5-9-39-26(20)21(11-17)15-37-7-4-22-23(25-16-35(3)34-27(25)29(30,31)32)12-19(13-24(22)28(37)38)14-36-8-6-33-18(36)2/h6,8,10-13,16H,4-5,7,9,14-15H2,1-3H3. The topological polar surface area (TPSA) is 65.2 Å². The Labute approximate surface area is 223 Å². The maximum Gasteiger partial charge on any atom is 0.435 e. The molecule has 39 heavy (non-hydrogen) atoms. The summed E-state index contributed by atoms with van der Waals surface area (Å²) in [5.41, 5.74) is 4.39. The molecule has 0 atom stereocenters. The molecule has 2 aromatic carbocycles. The van der Waals surface area contributed by atoms with E-state index in [1.807, 2.05) is 36.7 Å². The zero-order chi connectivity index (χ0) is 27.5. The van der Waals surface area contributed by atoms with Crippen LogP contribution in [0, 0.1) is 13.8 Å². The van der Waals surface area contributed by atoms with Crippen molar-refractivity contribution < 1.29 is 22.7 Å². The van der Waals surface area contributed by atoms with Gasteiger partial charge in [0.2, 0.25) is 0 Å². The first-order valence-electron chi connectivity index (χ1n) is 12.9. The number of nitrogens with zero attached hydrogens (tertiary/aromatic N) is 5. The van der Waals surface area contributed by atoms with Crippen molar-refractivity contribution in [2.24, 2.45) is 7.05 Å². The van der Waals surface area contributed by atoms with E-state index in [-0.39, 0.29) is 11.5 Å². The maximum atomic E-state index is 14.0. The molecular weight excluding hydrogens is 507 g/mol. The quantitative estimate of drug-likeness (QED) is 0.357. The highest BCUT2D eigenvalue weighted by Gasteiger charge is 2.39. The van der Waals surface area contributed by atoms with Crippen molar-refractivity contribution in [3.63, 3.8) is 0 Å². The fraction of sp³-hybridized carbons (Fsp3) is 0.345. The first-order valence-corrected chi connectivity index (χ1v) is 12.9. The lowest BCUT2D eigenvalue weighted by molar-refractivity contribution is -0.140. The van der Waals surface area contributed by atoms with Crippen molar-refractivity contribution in [1.82, 2.24) is 24.2 Å². The lowest BCUT2D eigenvalue weighted by Gasteiger charge is -2.31. The number of rotatable bonds is 5. The zero-order valence-electron chi connectivity index (χ0n) is 22.0. The van der Waals surface area contributed by atoms with Crippen LogP contribution in [0.2, 0.25) is 0 Å². The van der Waals surface area contributed by atoms with Gasteiger partial charge in [-0.15, -0.1) is 0 Å². The predicted octanol–water partition coefficient (Wildman–Crippen LogP) is 5.10. The third kappa shape index (κ3) is 4.57. The van der Waals surface area contributed by atoms with Crippen molar-refractivity contribution >= 4 is 5.91 Å². The van der Waals surface area contributed by atoms with Crippen LogP contribution in [0.1, 0.15) is 49.7 Å². The van der Waals surface area contributed by atoms with Crippen LogP contribution in [0.5, 0.6) is 5.75 Å². The van der Waals surface area contributed by atoms with Crippen LogP contribution in [0.4, 0.5) is 13.2 Å². The van der Waals surface area contributed by atoms with Crippen LogP contribution >= 0.6 is 0 Å². The number of benzene rings is 2. The molecule has 7 nitrogen and oxygen atoms in total. The van der Waals surface area contributed by atoms with Crippen molar-refractivity contribution in [2.75, 3.05) is 13.2 Å². The molecule has 202 valence electrons. The molecule has 4 aromatic rings. The molecule has 0 saturated heterocycles. The number of halogens is 3. The van der Waals surface area contributed by atoms with E-state index in [4.69, 9.17) is 4.74 Å². The van der Waals surface area contributed by atoms with Crippen LogP contribution in [-0.2, 0) is 39.2 Å². The van der Waals surface area contributed by atoms with E-state index in [9.17, 15) is 18.0 Å². The maximum absolute atomic E-state index is 14.0. The van der Waals surface area contributed by atoms with Gasteiger partial charge < -0.3 is 14.2 Å². The molecule has 0 spiro atoms. The minimum Gasteiger partial charge on any atom is -0.493 e. The van der Waals surface area contributed by atoms with Gasteiger partial charge in [0.25, 0.3) is 5.91 Å². The SMILES string of the molecule is Cc1cc2c(c(CN3CCc4c(cc(Cn5ccnc5C)cc4-c4cn(C)nc4C(F)(F)F)C3=O)c1)OCC2. The summed E-state index contributed by atoms with van der Waals surface area (Å²) in [5.74, 6) is 1.41. The number of fused-ring (bicyclic) bond motifs is 2. The zero-order valence-corrected chi connectivity index (χ0v) is 22.0.